The van der Waals surface area contributed by atoms with Gasteiger partial charge in [0.25, 0.3) is 5.91 Å². The van der Waals surface area contributed by atoms with Crippen LogP contribution in [-0.2, 0) is 0 Å². The predicted octanol–water partition coefficient (Wildman–Crippen LogP) is 3.06. The molecule has 11 heteroatoms. The number of nitrogens with one attached hydrogen (secondary N) is 1. The van der Waals surface area contributed by atoms with Crippen LogP contribution in [0.25, 0.3) is 22.6 Å². The van der Waals surface area contributed by atoms with Gasteiger partial charge in [0.15, 0.2) is 0 Å². The third-order valence-electron chi connectivity index (χ3n) is 6.02. The minimum Gasteiger partial charge on any atom is -0.496 e. The minimum atomic E-state index is -0.356. The number of pyridine rings is 1. The van der Waals surface area contributed by atoms with E-state index in [1.165, 1.54) is 11.8 Å². The van der Waals surface area contributed by atoms with Gasteiger partial charge in [-0.25, -0.2) is 9.67 Å². The number of aromatic nitrogens is 7. The van der Waals surface area contributed by atoms with Crippen molar-refractivity contribution in [3.63, 3.8) is 0 Å². The van der Waals surface area contributed by atoms with Gasteiger partial charge in [0.2, 0.25) is 5.82 Å². The summed E-state index contributed by atoms with van der Waals surface area (Å²) in [5.74, 6) is 0.843. The zero-order chi connectivity index (χ0) is 24.5. The van der Waals surface area contributed by atoms with E-state index in [9.17, 15) is 9.90 Å². The summed E-state index contributed by atoms with van der Waals surface area (Å²) < 4.78 is 8.99. The molecule has 1 aliphatic carbocycles. The molecule has 3 aromatic heterocycles. The summed E-state index contributed by atoms with van der Waals surface area (Å²) in [6, 6.07) is 9.02. The normalized spacial score (nSPS) is 14.1. The van der Waals surface area contributed by atoms with Crippen molar-refractivity contribution >= 4 is 11.7 Å². The lowest BCUT2D eigenvalue weighted by atomic mass is 9.99. The number of ether oxygens (including phenoxy) is 1. The van der Waals surface area contributed by atoms with Crippen molar-refractivity contribution < 1.29 is 14.6 Å². The molecule has 0 unspecified atom stereocenters. The van der Waals surface area contributed by atoms with Crippen molar-refractivity contribution in [1.82, 2.24) is 35.0 Å². The molecule has 0 saturated heterocycles. The average Bonchev–Trinajstić information content (AvgIpc) is 3.39. The molecule has 1 aromatic carbocycles. The lowest BCUT2D eigenvalue weighted by Gasteiger charge is -2.14. The number of tetrazole rings is 1. The van der Waals surface area contributed by atoms with Crippen LogP contribution < -0.4 is 10.1 Å². The summed E-state index contributed by atoms with van der Waals surface area (Å²) in [6.45, 7) is 3.65. The molecule has 1 fully saturated rings. The highest BCUT2D eigenvalue weighted by Gasteiger charge is 2.25. The van der Waals surface area contributed by atoms with E-state index in [4.69, 9.17) is 4.74 Å². The van der Waals surface area contributed by atoms with Gasteiger partial charge < -0.3 is 15.2 Å². The van der Waals surface area contributed by atoms with Crippen LogP contribution in [0.1, 0.15) is 47.8 Å². The number of benzene rings is 1. The van der Waals surface area contributed by atoms with Gasteiger partial charge >= 0.3 is 0 Å². The van der Waals surface area contributed by atoms with E-state index in [2.05, 4.69) is 30.9 Å². The van der Waals surface area contributed by atoms with Crippen LogP contribution in [0.3, 0.4) is 0 Å². The Morgan fingerprint density at radius 2 is 2.14 bits per heavy atom. The minimum absolute atomic E-state index is 0.121. The van der Waals surface area contributed by atoms with Gasteiger partial charge in [0, 0.05) is 11.8 Å². The zero-order valence-electron chi connectivity index (χ0n) is 19.7. The Labute approximate surface area is 201 Å². The van der Waals surface area contributed by atoms with Crippen molar-refractivity contribution in [2.45, 2.75) is 38.8 Å². The van der Waals surface area contributed by atoms with Crippen molar-refractivity contribution in [3.8, 4) is 28.4 Å². The van der Waals surface area contributed by atoms with Crippen molar-refractivity contribution in [1.29, 1.82) is 0 Å². The maximum atomic E-state index is 13.3. The van der Waals surface area contributed by atoms with Crippen molar-refractivity contribution in [2.24, 2.45) is 0 Å². The van der Waals surface area contributed by atoms with Crippen LogP contribution in [-0.4, -0.2) is 59.7 Å². The van der Waals surface area contributed by atoms with Crippen LogP contribution in [0, 0.1) is 6.92 Å². The summed E-state index contributed by atoms with van der Waals surface area (Å²) in [5.41, 5.74) is 3.71. The number of anilines is 1. The average molecular weight is 475 g/mol. The summed E-state index contributed by atoms with van der Waals surface area (Å²) in [5, 5.41) is 28.5. The molecule has 0 spiro atoms. The molecule has 5 rings (SSSR count). The third kappa shape index (κ3) is 4.50. The van der Waals surface area contributed by atoms with E-state index in [0.717, 1.165) is 29.5 Å². The fraction of sp³-hybridized carbons (Fsp3) is 0.333. The molecule has 1 saturated carbocycles. The number of methoxy groups -OCH3 is 1. The van der Waals surface area contributed by atoms with Gasteiger partial charge in [0.05, 0.1) is 37.6 Å². The molecule has 35 heavy (non-hydrogen) atoms. The maximum Gasteiger partial charge on any atom is 0.260 e. The first-order valence-corrected chi connectivity index (χ1v) is 11.4. The first kappa shape index (κ1) is 22.7. The Morgan fingerprint density at radius 1 is 1.31 bits per heavy atom. The summed E-state index contributed by atoms with van der Waals surface area (Å²) in [4.78, 5) is 17.8. The molecule has 4 aromatic rings. The Bertz CT molecular complexity index is 1370. The number of hydrogen-bond acceptors (Lipinski definition) is 8. The lowest BCUT2D eigenvalue weighted by Crippen LogP contribution is -2.16. The predicted molar refractivity (Wildman–Crippen MR) is 128 cm³/mol. The Hall–Kier alpha value is -4.12. The SMILES string of the molecule is COc1cc(C)c(-c2cnn(C3CC3)c2)cc1C(=O)Nc1cccc(-c2nnnn2[C@H](C)CO)n1. The van der Waals surface area contributed by atoms with E-state index >= 15 is 0 Å². The summed E-state index contributed by atoms with van der Waals surface area (Å²) in [7, 11) is 1.54. The fourth-order valence-electron chi connectivity index (χ4n) is 3.90. The monoisotopic (exact) mass is 474 g/mol. The number of aliphatic hydroxyl groups is 1. The maximum absolute atomic E-state index is 13.3. The van der Waals surface area contributed by atoms with Crippen LogP contribution in [0.5, 0.6) is 5.75 Å². The van der Waals surface area contributed by atoms with Crippen LogP contribution in [0.15, 0.2) is 42.7 Å². The first-order valence-electron chi connectivity index (χ1n) is 11.4. The number of rotatable bonds is 8. The number of nitrogens with zero attached hydrogens (tertiary/aromatic N) is 7. The van der Waals surface area contributed by atoms with Gasteiger partial charge in [0.1, 0.15) is 17.3 Å². The van der Waals surface area contributed by atoms with E-state index in [0.29, 0.717) is 34.7 Å². The largest absolute Gasteiger partial charge is 0.496 e. The van der Waals surface area contributed by atoms with E-state index in [1.54, 1.807) is 25.1 Å². The molecule has 2 N–H and O–H groups in total. The summed E-state index contributed by atoms with van der Waals surface area (Å²) >= 11 is 0. The van der Waals surface area contributed by atoms with Gasteiger partial charge in [-0.15, -0.1) is 5.10 Å². The van der Waals surface area contributed by atoms with E-state index in [1.807, 2.05) is 36.1 Å². The van der Waals surface area contributed by atoms with Gasteiger partial charge in [-0.3, -0.25) is 9.48 Å². The Balaban J connectivity index is 1.44. The highest BCUT2D eigenvalue weighted by molar-refractivity contribution is 6.06. The van der Waals surface area contributed by atoms with Crippen molar-refractivity contribution in [3.05, 3.63) is 53.9 Å². The second-order valence-electron chi connectivity index (χ2n) is 8.65. The number of carbonyl (C=O) groups excluding carboxylic acids is 1. The molecule has 11 nitrogen and oxygen atoms in total. The van der Waals surface area contributed by atoms with Crippen LogP contribution in [0.2, 0.25) is 0 Å². The highest BCUT2D eigenvalue weighted by atomic mass is 16.5. The number of aliphatic hydroxyl groups excluding tert-OH is 1. The standard InChI is InChI=1S/C24H26N8O3/c1-14-9-21(35-3)19(10-18(14)16-11-25-31(12-16)17-7-8-17)24(34)27-22-6-4-5-20(26-22)23-28-29-30-32(23)15(2)13-33/h4-6,9-12,15,17,33H,7-8,13H2,1-3H3,(H,26,27,34)/t15-/m1/s1. The lowest BCUT2D eigenvalue weighted by molar-refractivity contribution is 0.102. The molecule has 0 radical (unpaired) electrons. The molecule has 3 heterocycles. The molecule has 0 aliphatic heterocycles. The van der Waals surface area contributed by atoms with Crippen LogP contribution >= 0.6 is 0 Å². The quantitative estimate of drug-likeness (QED) is 0.398. The highest BCUT2D eigenvalue weighted by Crippen LogP contribution is 2.36. The molecule has 1 aliphatic rings. The first-order chi connectivity index (χ1) is 17.0. The van der Waals surface area contributed by atoms with E-state index in [-0.39, 0.29) is 18.6 Å². The Kier molecular flexibility index (Phi) is 6.00. The zero-order valence-corrected chi connectivity index (χ0v) is 19.7. The fourth-order valence-corrected chi connectivity index (χ4v) is 3.90. The smallest absolute Gasteiger partial charge is 0.260 e. The van der Waals surface area contributed by atoms with Crippen molar-refractivity contribution in [2.75, 3.05) is 19.0 Å². The van der Waals surface area contributed by atoms with E-state index < -0.39 is 0 Å². The van der Waals surface area contributed by atoms with Gasteiger partial charge in [-0.1, -0.05) is 6.07 Å². The third-order valence-corrected chi connectivity index (χ3v) is 6.02. The second-order valence-corrected chi connectivity index (χ2v) is 8.65. The molecule has 1 atom stereocenters. The second kappa shape index (κ2) is 9.26. The molecule has 1 amide bonds. The molecule has 180 valence electrons. The number of aryl methyl sites for hydroxylation is 1. The van der Waals surface area contributed by atoms with Gasteiger partial charge in [-0.2, -0.15) is 5.10 Å². The number of carbonyl (C=O) groups is 1. The molecular formula is C24H26N8O3. The molecular weight excluding hydrogens is 448 g/mol. The Morgan fingerprint density at radius 3 is 2.89 bits per heavy atom. The number of hydrogen-bond donors (Lipinski definition) is 2. The van der Waals surface area contributed by atoms with Gasteiger partial charge in [-0.05, 0) is 72.5 Å². The molecule has 0 bridgehead atoms. The summed E-state index contributed by atoms with van der Waals surface area (Å²) in [6.07, 6.45) is 6.15. The number of amides is 1. The topological polar surface area (TPSA) is 133 Å². The van der Waals surface area contributed by atoms with Crippen LogP contribution in [0.4, 0.5) is 5.82 Å².